The Hall–Kier alpha value is -1.95. The molecule has 2 amide bonds. The van der Waals surface area contributed by atoms with E-state index in [2.05, 4.69) is 17.3 Å². The molecule has 1 N–H and O–H groups in total. The van der Waals surface area contributed by atoms with Crippen molar-refractivity contribution in [3.8, 4) is 11.5 Å². The maximum absolute atomic E-state index is 12.2. The van der Waals surface area contributed by atoms with E-state index >= 15 is 0 Å². The van der Waals surface area contributed by atoms with Gasteiger partial charge in [-0.2, -0.15) is 0 Å². The van der Waals surface area contributed by atoms with Crippen LogP contribution in [0.2, 0.25) is 0 Å². The highest BCUT2D eigenvalue weighted by Crippen LogP contribution is 2.22. The summed E-state index contributed by atoms with van der Waals surface area (Å²) in [5.41, 5.74) is 1.07. The molecule has 0 bridgehead atoms. The van der Waals surface area contributed by atoms with E-state index in [-0.39, 0.29) is 6.03 Å². The summed E-state index contributed by atoms with van der Waals surface area (Å²) in [6.45, 7) is 2.57. The van der Waals surface area contributed by atoms with Crippen LogP contribution in [0.3, 0.4) is 0 Å². The van der Waals surface area contributed by atoms with Crippen molar-refractivity contribution in [3.63, 3.8) is 0 Å². The van der Waals surface area contributed by atoms with Crippen LogP contribution in [0.15, 0.2) is 18.2 Å². The molecule has 0 radical (unpaired) electrons. The first kappa shape index (κ1) is 17.4. The van der Waals surface area contributed by atoms with E-state index in [4.69, 9.17) is 9.47 Å². The van der Waals surface area contributed by atoms with Crippen molar-refractivity contribution in [1.29, 1.82) is 0 Å². The van der Waals surface area contributed by atoms with Crippen molar-refractivity contribution in [2.45, 2.75) is 18.9 Å². The number of hydrogen-bond acceptors (Lipinski definition) is 4. The van der Waals surface area contributed by atoms with Crippen LogP contribution in [0.4, 0.5) is 4.79 Å². The molecule has 0 unspecified atom stereocenters. The SMILES string of the molecule is COc1cc(CCNC(=O)N(C)[C@@H]2CCN(C)C2)cc(OC)c1. The second kappa shape index (κ2) is 8.06. The first-order valence-corrected chi connectivity index (χ1v) is 7.94. The minimum absolute atomic E-state index is 0.0137. The first-order valence-electron chi connectivity index (χ1n) is 7.94. The van der Waals surface area contributed by atoms with E-state index < -0.39 is 0 Å². The Morgan fingerprint density at radius 1 is 1.30 bits per heavy atom. The summed E-state index contributed by atoms with van der Waals surface area (Å²) in [6, 6.07) is 6.05. The maximum atomic E-state index is 12.2. The molecule has 0 saturated carbocycles. The molecular formula is C17H27N3O3. The van der Waals surface area contributed by atoms with E-state index in [1.807, 2.05) is 30.1 Å². The Morgan fingerprint density at radius 3 is 2.48 bits per heavy atom. The minimum Gasteiger partial charge on any atom is -0.497 e. The van der Waals surface area contributed by atoms with Crippen molar-refractivity contribution in [1.82, 2.24) is 15.1 Å². The van der Waals surface area contributed by atoms with Gasteiger partial charge in [-0.25, -0.2) is 4.79 Å². The Morgan fingerprint density at radius 2 is 1.96 bits per heavy atom. The van der Waals surface area contributed by atoms with Crippen LogP contribution >= 0.6 is 0 Å². The van der Waals surface area contributed by atoms with Gasteiger partial charge in [0.25, 0.3) is 0 Å². The van der Waals surface area contributed by atoms with Crippen LogP contribution in [0.5, 0.6) is 11.5 Å². The predicted octanol–water partition coefficient (Wildman–Crippen LogP) is 1.59. The van der Waals surface area contributed by atoms with Gasteiger partial charge in [0.15, 0.2) is 0 Å². The molecule has 1 aromatic rings. The molecule has 1 saturated heterocycles. The van der Waals surface area contributed by atoms with Crippen molar-refractivity contribution < 1.29 is 14.3 Å². The summed E-state index contributed by atoms with van der Waals surface area (Å²) in [4.78, 5) is 16.3. The van der Waals surface area contributed by atoms with Crippen LogP contribution in [0, 0.1) is 0 Å². The van der Waals surface area contributed by atoms with Crippen LogP contribution < -0.4 is 14.8 Å². The molecule has 1 aromatic carbocycles. The van der Waals surface area contributed by atoms with Gasteiger partial charge >= 0.3 is 6.03 Å². The molecular weight excluding hydrogens is 294 g/mol. The molecule has 23 heavy (non-hydrogen) atoms. The standard InChI is InChI=1S/C17H27N3O3/c1-19-8-6-14(12-19)20(2)17(21)18-7-5-13-9-15(22-3)11-16(10-13)23-4/h9-11,14H,5-8,12H2,1-4H3,(H,18,21)/t14-/m1/s1. The van der Waals surface area contributed by atoms with Gasteiger partial charge in [0.2, 0.25) is 0 Å². The zero-order chi connectivity index (χ0) is 16.8. The molecule has 0 aliphatic carbocycles. The van der Waals surface area contributed by atoms with Crippen molar-refractivity contribution in [2.24, 2.45) is 0 Å². The van der Waals surface area contributed by atoms with Gasteiger partial charge < -0.3 is 24.6 Å². The zero-order valence-electron chi connectivity index (χ0n) is 14.5. The molecule has 1 heterocycles. The molecule has 1 atom stereocenters. The predicted molar refractivity (Wildman–Crippen MR) is 90.3 cm³/mol. The normalized spacial score (nSPS) is 17.8. The molecule has 128 valence electrons. The van der Waals surface area contributed by atoms with Gasteiger partial charge in [0.05, 0.1) is 14.2 Å². The number of urea groups is 1. The van der Waals surface area contributed by atoms with Gasteiger partial charge in [0, 0.05) is 32.2 Å². The second-order valence-electron chi connectivity index (χ2n) is 6.02. The number of likely N-dealkylation sites (N-methyl/N-ethyl adjacent to an activating group) is 2. The number of nitrogens with one attached hydrogen (secondary N) is 1. The number of carbonyl (C=O) groups excluding carboxylic acids is 1. The molecule has 1 aliphatic rings. The van der Waals surface area contributed by atoms with E-state index in [0.717, 1.165) is 43.0 Å². The van der Waals surface area contributed by atoms with Crippen LogP contribution in [-0.2, 0) is 6.42 Å². The lowest BCUT2D eigenvalue weighted by atomic mass is 10.1. The fourth-order valence-electron chi connectivity index (χ4n) is 2.84. The summed E-state index contributed by atoms with van der Waals surface area (Å²) >= 11 is 0. The summed E-state index contributed by atoms with van der Waals surface area (Å²) < 4.78 is 10.5. The highest BCUT2D eigenvalue weighted by molar-refractivity contribution is 5.74. The first-order chi connectivity index (χ1) is 11.0. The Kier molecular flexibility index (Phi) is 6.10. The summed E-state index contributed by atoms with van der Waals surface area (Å²) in [5.74, 6) is 1.52. The summed E-state index contributed by atoms with van der Waals surface area (Å²) in [5, 5.41) is 2.98. The van der Waals surface area contributed by atoms with Crippen LogP contribution in [-0.4, -0.2) is 69.8 Å². The third-order valence-electron chi connectivity index (χ3n) is 4.34. The minimum atomic E-state index is -0.0137. The highest BCUT2D eigenvalue weighted by atomic mass is 16.5. The Bertz CT molecular complexity index is 514. The summed E-state index contributed by atoms with van der Waals surface area (Å²) in [6.07, 6.45) is 1.77. The quantitative estimate of drug-likeness (QED) is 0.864. The van der Waals surface area contributed by atoms with Crippen molar-refractivity contribution >= 4 is 6.03 Å². The number of hydrogen-bond donors (Lipinski definition) is 1. The average molecular weight is 321 g/mol. The molecule has 2 rings (SSSR count). The number of ether oxygens (including phenoxy) is 2. The zero-order valence-corrected chi connectivity index (χ0v) is 14.5. The molecule has 6 heteroatoms. The monoisotopic (exact) mass is 321 g/mol. The second-order valence-corrected chi connectivity index (χ2v) is 6.02. The molecule has 6 nitrogen and oxygen atoms in total. The Balaban J connectivity index is 1.83. The fourth-order valence-corrected chi connectivity index (χ4v) is 2.84. The van der Waals surface area contributed by atoms with Gasteiger partial charge in [-0.15, -0.1) is 0 Å². The van der Waals surface area contributed by atoms with E-state index in [9.17, 15) is 4.79 Å². The number of amides is 2. The molecule has 0 aromatic heterocycles. The lowest BCUT2D eigenvalue weighted by Crippen LogP contribution is -2.45. The maximum Gasteiger partial charge on any atom is 0.317 e. The third-order valence-corrected chi connectivity index (χ3v) is 4.34. The van der Waals surface area contributed by atoms with Gasteiger partial charge in [0.1, 0.15) is 11.5 Å². The van der Waals surface area contributed by atoms with Crippen LogP contribution in [0.1, 0.15) is 12.0 Å². The van der Waals surface area contributed by atoms with Crippen LogP contribution in [0.25, 0.3) is 0 Å². The number of carbonyl (C=O) groups is 1. The van der Waals surface area contributed by atoms with Crippen molar-refractivity contribution in [2.75, 3.05) is 47.9 Å². The molecule has 1 fully saturated rings. The van der Waals surface area contributed by atoms with Gasteiger partial charge in [-0.1, -0.05) is 0 Å². The number of rotatable bonds is 6. The lowest BCUT2D eigenvalue weighted by molar-refractivity contribution is 0.191. The number of benzene rings is 1. The fraction of sp³-hybridized carbons (Fsp3) is 0.588. The Labute approximate surface area is 138 Å². The van der Waals surface area contributed by atoms with Gasteiger partial charge in [-0.05, 0) is 44.1 Å². The lowest BCUT2D eigenvalue weighted by Gasteiger charge is -2.24. The van der Waals surface area contributed by atoms with Gasteiger partial charge in [-0.3, -0.25) is 0 Å². The molecule has 0 spiro atoms. The molecule has 1 aliphatic heterocycles. The van der Waals surface area contributed by atoms with E-state index in [0.29, 0.717) is 12.6 Å². The highest BCUT2D eigenvalue weighted by Gasteiger charge is 2.26. The smallest absolute Gasteiger partial charge is 0.317 e. The van der Waals surface area contributed by atoms with E-state index in [1.54, 1.807) is 14.2 Å². The third kappa shape index (κ3) is 4.76. The topological polar surface area (TPSA) is 54.0 Å². The average Bonchev–Trinajstić information content (AvgIpc) is 3.00. The number of methoxy groups -OCH3 is 2. The number of nitrogens with zero attached hydrogens (tertiary/aromatic N) is 2. The van der Waals surface area contributed by atoms with Crippen molar-refractivity contribution in [3.05, 3.63) is 23.8 Å². The largest absolute Gasteiger partial charge is 0.497 e. The summed E-state index contributed by atoms with van der Waals surface area (Å²) in [7, 11) is 7.22. The number of likely N-dealkylation sites (tertiary alicyclic amines) is 1. The van der Waals surface area contributed by atoms with E-state index in [1.165, 1.54) is 0 Å².